The summed E-state index contributed by atoms with van der Waals surface area (Å²) in [7, 11) is 0. The predicted molar refractivity (Wildman–Crippen MR) is 73.6 cm³/mol. The molecule has 0 aromatic heterocycles. The number of carbonyl (C=O) groups excluding carboxylic acids is 1. The molecule has 5 heteroatoms. The Balaban J connectivity index is 2.83. The molecule has 2 unspecified atom stereocenters. The summed E-state index contributed by atoms with van der Waals surface area (Å²) >= 11 is 0. The van der Waals surface area contributed by atoms with Gasteiger partial charge in [0.25, 0.3) is 0 Å². The van der Waals surface area contributed by atoms with Crippen LogP contribution < -0.4 is 5.73 Å². The number of nitrogens with two attached hydrogens (primary N) is 1. The largest absolute Gasteiger partial charge is 0.481 e. The van der Waals surface area contributed by atoms with Crippen LogP contribution in [0.25, 0.3) is 0 Å². The molecule has 1 rings (SSSR count). The molecule has 5 nitrogen and oxygen atoms in total. The molecule has 2 atom stereocenters. The molecule has 19 heavy (non-hydrogen) atoms. The van der Waals surface area contributed by atoms with Crippen molar-refractivity contribution in [2.75, 3.05) is 6.54 Å². The van der Waals surface area contributed by atoms with Gasteiger partial charge < -0.3 is 15.7 Å². The quantitative estimate of drug-likeness (QED) is 0.813. The fraction of sp³-hybridized carbons (Fsp3) is 0.857. The average molecular weight is 270 g/mol. The first kappa shape index (κ1) is 16.0. The molecular weight excluding hydrogens is 244 g/mol. The highest BCUT2D eigenvalue weighted by atomic mass is 16.4. The molecular formula is C14H26N2O3. The zero-order valence-electron chi connectivity index (χ0n) is 12.6. The smallest absolute Gasteiger partial charge is 0.306 e. The van der Waals surface area contributed by atoms with E-state index in [4.69, 9.17) is 10.8 Å². The van der Waals surface area contributed by atoms with Crippen LogP contribution in [0, 0.1) is 11.3 Å². The van der Waals surface area contributed by atoms with E-state index in [1.807, 2.05) is 34.6 Å². The van der Waals surface area contributed by atoms with Gasteiger partial charge in [-0.2, -0.15) is 0 Å². The number of likely N-dealkylation sites (tertiary alicyclic amines) is 1. The molecule has 0 bridgehead atoms. The van der Waals surface area contributed by atoms with Crippen LogP contribution >= 0.6 is 0 Å². The molecule has 1 fully saturated rings. The molecule has 0 spiro atoms. The molecule has 1 aliphatic rings. The summed E-state index contributed by atoms with van der Waals surface area (Å²) in [4.78, 5) is 25.4. The Morgan fingerprint density at radius 3 is 2.16 bits per heavy atom. The number of piperidine rings is 1. The van der Waals surface area contributed by atoms with Crippen molar-refractivity contribution in [1.29, 1.82) is 0 Å². The first-order valence-electron chi connectivity index (χ1n) is 6.81. The topological polar surface area (TPSA) is 83.6 Å². The van der Waals surface area contributed by atoms with E-state index in [0.29, 0.717) is 19.4 Å². The third-order valence-corrected chi connectivity index (χ3v) is 4.63. The van der Waals surface area contributed by atoms with E-state index in [-0.39, 0.29) is 17.9 Å². The number of carbonyl (C=O) groups is 2. The highest BCUT2D eigenvalue weighted by Crippen LogP contribution is 2.34. The Labute approximate surface area is 115 Å². The van der Waals surface area contributed by atoms with Gasteiger partial charge in [-0.25, -0.2) is 0 Å². The van der Waals surface area contributed by atoms with E-state index < -0.39 is 16.9 Å². The minimum Gasteiger partial charge on any atom is -0.481 e. The van der Waals surface area contributed by atoms with E-state index in [0.717, 1.165) is 0 Å². The Kier molecular flexibility index (Phi) is 4.30. The van der Waals surface area contributed by atoms with Gasteiger partial charge in [0, 0.05) is 18.1 Å². The summed E-state index contributed by atoms with van der Waals surface area (Å²) in [6, 6.07) is -0.0519. The summed E-state index contributed by atoms with van der Waals surface area (Å²) < 4.78 is 0. The second kappa shape index (κ2) is 5.12. The van der Waals surface area contributed by atoms with Crippen LogP contribution in [-0.2, 0) is 9.59 Å². The molecule has 0 aromatic rings. The lowest BCUT2D eigenvalue weighted by Crippen LogP contribution is -2.59. The van der Waals surface area contributed by atoms with Crippen LogP contribution in [0.15, 0.2) is 0 Å². The molecule has 0 saturated carbocycles. The first-order valence-corrected chi connectivity index (χ1v) is 6.81. The number of aliphatic carboxylic acids is 1. The van der Waals surface area contributed by atoms with E-state index in [2.05, 4.69) is 0 Å². The average Bonchev–Trinajstić information content (AvgIpc) is 2.26. The predicted octanol–water partition coefficient (Wildman–Crippen LogP) is 1.46. The van der Waals surface area contributed by atoms with Crippen LogP contribution in [0.5, 0.6) is 0 Å². The Morgan fingerprint density at radius 2 is 1.79 bits per heavy atom. The lowest BCUT2D eigenvalue weighted by molar-refractivity contribution is -0.153. The Hall–Kier alpha value is -1.10. The van der Waals surface area contributed by atoms with Crippen molar-refractivity contribution in [3.63, 3.8) is 0 Å². The number of hydrogen-bond donors (Lipinski definition) is 2. The van der Waals surface area contributed by atoms with Gasteiger partial charge in [-0.3, -0.25) is 9.59 Å². The summed E-state index contributed by atoms with van der Waals surface area (Å²) in [5, 5.41) is 9.05. The molecule has 0 aromatic carbocycles. The summed E-state index contributed by atoms with van der Waals surface area (Å²) in [6.45, 7) is 9.80. The molecule has 1 heterocycles. The standard InChI is InChI=1S/C14H26N2O3/c1-9-8-10(11(17)18)6-7-16(9)12(19)13(2,3)14(4,5)15/h9-10H,6-8,15H2,1-5H3,(H,17,18). The fourth-order valence-electron chi connectivity index (χ4n) is 2.33. The SMILES string of the molecule is CC1CC(C(=O)O)CCN1C(=O)C(C)(C)C(C)(C)N. The number of hydrogen-bond acceptors (Lipinski definition) is 3. The Morgan fingerprint density at radius 1 is 1.26 bits per heavy atom. The number of rotatable bonds is 3. The van der Waals surface area contributed by atoms with E-state index in [9.17, 15) is 9.59 Å². The van der Waals surface area contributed by atoms with Crippen molar-refractivity contribution in [3.8, 4) is 0 Å². The third kappa shape index (κ3) is 3.08. The fourth-order valence-corrected chi connectivity index (χ4v) is 2.33. The van der Waals surface area contributed by atoms with Crippen molar-refractivity contribution in [2.45, 2.75) is 59.0 Å². The minimum absolute atomic E-state index is 0.0105. The van der Waals surface area contributed by atoms with Crippen molar-refractivity contribution in [1.82, 2.24) is 4.90 Å². The first-order chi connectivity index (χ1) is 8.48. The number of nitrogens with zero attached hydrogens (tertiary/aromatic N) is 1. The molecule has 0 radical (unpaired) electrons. The van der Waals surface area contributed by atoms with E-state index in [1.165, 1.54) is 0 Å². The summed E-state index contributed by atoms with van der Waals surface area (Å²) in [6.07, 6.45) is 1.04. The van der Waals surface area contributed by atoms with E-state index >= 15 is 0 Å². The summed E-state index contributed by atoms with van der Waals surface area (Å²) in [5.74, 6) is -1.10. The van der Waals surface area contributed by atoms with Gasteiger partial charge in [-0.05, 0) is 47.5 Å². The monoisotopic (exact) mass is 270 g/mol. The van der Waals surface area contributed by atoms with Gasteiger partial charge in [-0.1, -0.05) is 0 Å². The second-order valence-corrected chi connectivity index (χ2v) is 6.75. The van der Waals surface area contributed by atoms with Crippen LogP contribution in [0.2, 0.25) is 0 Å². The maximum absolute atomic E-state index is 12.7. The third-order valence-electron chi connectivity index (χ3n) is 4.63. The van der Waals surface area contributed by atoms with Gasteiger partial charge >= 0.3 is 5.97 Å². The van der Waals surface area contributed by atoms with E-state index in [1.54, 1.807) is 4.90 Å². The lowest BCUT2D eigenvalue weighted by Gasteiger charge is -2.45. The zero-order valence-corrected chi connectivity index (χ0v) is 12.6. The summed E-state index contributed by atoms with van der Waals surface area (Å²) in [5.41, 5.74) is 4.81. The maximum Gasteiger partial charge on any atom is 0.306 e. The van der Waals surface area contributed by atoms with Crippen LogP contribution in [0.3, 0.4) is 0 Å². The molecule has 1 amide bonds. The van der Waals surface area contributed by atoms with Crippen molar-refractivity contribution in [3.05, 3.63) is 0 Å². The maximum atomic E-state index is 12.7. The van der Waals surface area contributed by atoms with Gasteiger partial charge in [0.1, 0.15) is 0 Å². The highest BCUT2D eigenvalue weighted by molar-refractivity contribution is 5.84. The Bertz CT molecular complexity index is 371. The van der Waals surface area contributed by atoms with Gasteiger partial charge in [-0.15, -0.1) is 0 Å². The van der Waals surface area contributed by atoms with Crippen LogP contribution in [0.1, 0.15) is 47.5 Å². The number of carboxylic acids is 1. The second-order valence-electron chi connectivity index (χ2n) is 6.75. The number of carboxylic acid groups (broad SMARTS) is 1. The molecule has 1 aliphatic heterocycles. The minimum atomic E-state index is -0.766. The van der Waals surface area contributed by atoms with Gasteiger partial charge in [0.15, 0.2) is 0 Å². The van der Waals surface area contributed by atoms with Crippen molar-refractivity contribution >= 4 is 11.9 Å². The molecule has 1 saturated heterocycles. The molecule has 3 N–H and O–H groups in total. The van der Waals surface area contributed by atoms with Gasteiger partial charge in [0.05, 0.1) is 11.3 Å². The van der Waals surface area contributed by atoms with Crippen molar-refractivity contribution in [2.24, 2.45) is 17.1 Å². The normalized spacial score (nSPS) is 25.3. The molecule has 0 aliphatic carbocycles. The van der Waals surface area contributed by atoms with Crippen LogP contribution in [0.4, 0.5) is 0 Å². The highest BCUT2D eigenvalue weighted by Gasteiger charge is 2.45. The van der Waals surface area contributed by atoms with Crippen molar-refractivity contribution < 1.29 is 14.7 Å². The van der Waals surface area contributed by atoms with Gasteiger partial charge in [0.2, 0.25) is 5.91 Å². The number of amides is 1. The zero-order chi connectivity index (χ0) is 15.0. The lowest BCUT2D eigenvalue weighted by atomic mass is 9.73. The molecule has 110 valence electrons. The van der Waals surface area contributed by atoms with Crippen LogP contribution in [-0.4, -0.2) is 40.0 Å².